The van der Waals surface area contributed by atoms with Crippen LogP contribution in [0.4, 0.5) is 5.69 Å². The van der Waals surface area contributed by atoms with Gasteiger partial charge in [0.05, 0.1) is 11.8 Å². The second-order valence-electron chi connectivity index (χ2n) is 7.25. The van der Waals surface area contributed by atoms with Crippen LogP contribution in [0.25, 0.3) is 0 Å². The highest BCUT2D eigenvalue weighted by atomic mass is 35.5. The maximum atomic E-state index is 12.8. The van der Waals surface area contributed by atoms with Crippen LogP contribution in [0.2, 0.25) is 5.02 Å². The molecule has 2 bridgehead atoms. The van der Waals surface area contributed by atoms with Crippen molar-refractivity contribution in [1.82, 2.24) is 0 Å². The molecular weight excluding hydrogens is 378 g/mol. The number of carboxylic acid groups (broad SMARTS) is 1. The number of allylic oxidation sites excluding steroid dienone is 2. The molecule has 5 rings (SSSR count). The van der Waals surface area contributed by atoms with E-state index in [0.29, 0.717) is 22.2 Å². The van der Waals surface area contributed by atoms with Gasteiger partial charge in [0.2, 0.25) is 5.91 Å². The quantitative estimate of drug-likeness (QED) is 0.697. The van der Waals surface area contributed by atoms with Gasteiger partial charge in [-0.1, -0.05) is 23.8 Å². The van der Waals surface area contributed by atoms with Crippen molar-refractivity contribution < 1.29 is 19.4 Å². The summed E-state index contributed by atoms with van der Waals surface area (Å²) in [6.45, 7) is 0. The molecule has 0 aromatic heterocycles. The molecule has 4 atom stereocenters. The third-order valence-corrected chi connectivity index (χ3v) is 5.76. The van der Waals surface area contributed by atoms with E-state index >= 15 is 0 Å². The largest absolute Gasteiger partial charge is 0.481 e. The molecular formula is C22H20ClNO4. The zero-order valence-corrected chi connectivity index (χ0v) is 15.8. The number of benzene rings is 2. The molecule has 2 N–H and O–H groups in total. The molecule has 3 aliphatic carbocycles. The van der Waals surface area contributed by atoms with E-state index in [0.717, 1.165) is 12.8 Å². The second kappa shape index (κ2) is 7.68. The summed E-state index contributed by atoms with van der Waals surface area (Å²) in [5.41, 5.74) is 0.614. The van der Waals surface area contributed by atoms with Crippen molar-refractivity contribution in [2.45, 2.75) is 12.8 Å². The van der Waals surface area contributed by atoms with Crippen LogP contribution < -0.4 is 10.1 Å². The van der Waals surface area contributed by atoms with Crippen molar-refractivity contribution >= 4 is 29.2 Å². The molecule has 1 amide bonds. The van der Waals surface area contributed by atoms with E-state index in [1.165, 1.54) is 0 Å². The monoisotopic (exact) mass is 397 g/mol. The number of fused-ring (bicyclic) bond motifs is 2. The maximum absolute atomic E-state index is 12.8. The van der Waals surface area contributed by atoms with Crippen molar-refractivity contribution in [2.75, 3.05) is 5.32 Å². The highest BCUT2D eigenvalue weighted by molar-refractivity contribution is 6.30. The third-order valence-electron chi connectivity index (χ3n) is 5.51. The zero-order valence-electron chi connectivity index (χ0n) is 15.0. The van der Waals surface area contributed by atoms with E-state index in [-0.39, 0.29) is 17.7 Å². The number of hydrogen-bond acceptors (Lipinski definition) is 3. The van der Waals surface area contributed by atoms with Crippen molar-refractivity contribution in [1.29, 1.82) is 0 Å². The fourth-order valence-electron chi connectivity index (χ4n) is 4.16. The zero-order chi connectivity index (χ0) is 19.7. The molecule has 0 spiro atoms. The lowest BCUT2D eigenvalue weighted by atomic mass is 9.62. The lowest BCUT2D eigenvalue weighted by Crippen LogP contribution is -2.47. The first-order valence-electron chi connectivity index (χ1n) is 9.27. The van der Waals surface area contributed by atoms with Crippen LogP contribution in [0.15, 0.2) is 60.7 Å². The first kappa shape index (κ1) is 18.6. The van der Waals surface area contributed by atoms with Gasteiger partial charge in [-0.3, -0.25) is 9.59 Å². The van der Waals surface area contributed by atoms with Gasteiger partial charge in [0.15, 0.2) is 0 Å². The molecule has 0 aliphatic heterocycles. The van der Waals surface area contributed by atoms with Crippen LogP contribution in [-0.2, 0) is 9.59 Å². The first-order valence-corrected chi connectivity index (χ1v) is 9.64. The summed E-state index contributed by atoms with van der Waals surface area (Å²) < 4.78 is 5.74. The molecule has 0 unspecified atom stereocenters. The van der Waals surface area contributed by atoms with Gasteiger partial charge in [-0.05, 0) is 73.2 Å². The number of carbonyl (C=O) groups is 2. The molecule has 1 fully saturated rings. The Balaban J connectivity index is 1.44. The summed E-state index contributed by atoms with van der Waals surface area (Å²) in [6, 6.07) is 14.0. The Morgan fingerprint density at radius 3 is 1.96 bits per heavy atom. The maximum Gasteiger partial charge on any atom is 0.307 e. The summed E-state index contributed by atoms with van der Waals surface area (Å²) in [5.74, 6) is -1.11. The van der Waals surface area contributed by atoms with Gasteiger partial charge in [-0.25, -0.2) is 0 Å². The van der Waals surface area contributed by atoms with Crippen molar-refractivity contribution in [3.05, 3.63) is 65.7 Å². The van der Waals surface area contributed by atoms with E-state index in [9.17, 15) is 14.7 Å². The predicted octanol–water partition coefficient (Wildman–Crippen LogP) is 4.98. The molecule has 2 aromatic carbocycles. The minimum absolute atomic E-state index is 0.0152. The number of anilines is 1. The number of aliphatic carboxylic acids is 1. The van der Waals surface area contributed by atoms with Crippen LogP contribution in [0.5, 0.6) is 11.5 Å². The topological polar surface area (TPSA) is 75.6 Å². The van der Waals surface area contributed by atoms with Gasteiger partial charge in [-0.2, -0.15) is 0 Å². The fourth-order valence-corrected chi connectivity index (χ4v) is 4.28. The van der Waals surface area contributed by atoms with Crippen molar-refractivity contribution in [3.63, 3.8) is 0 Å². The smallest absolute Gasteiger partial charge is 0.307 e. The average Bonchev–Trinajstić information content (AvgIpc) is 2.71. The number of rotatable bonds is 5. The Morgan fingerprint density at radius 2 is 1.43 bits per heavy atom. The van der Waals surface area contributed by atoms with Crippen LogP contribution in [-0.4, -0.2) is 17.0 Å². The van der Waals surface area contributed by atoms with Crippen LogP contribution in [0, 0.1) is 23.7 Å². The number of hydrogen-bond donors (Lipinski definition) is 2. The first-order chi connectivity index (χ1) is 13.5. The van der Waals surface area contributed by atoms with Gasteiger partial charge in [0.1, 0.15) is 11.5 Å². The molecule has 2 aromatic rings. The Morgan fingerprint density at radius 1 is 0.893 bits per heavy atom. The summed E-state index contributed by atoms with van der Waals surface area (Å²) in [7, 11) is 0. The van der Waals surface area contributed by atoms with Crippen LogP contribution in [0.3, 0.4) is 0 Å². The standard InChI is InChI=1S/C22H20ClNO4/c23-15-5-9-17(10-6-15)28-18-11-7-16(8-12-18)24-21(25)19-13-1-3-14(4-2-13)20(19)22(26)27/h1,3,5-14,19-20H,2,4H2,(H,24,25)(H,26,27)/t13-,14-,19+,20+/m0/s1. The highest BCUT2D eigenvalue weighted by Gasteiger charge is 2.48. The van der Waals surface area contributed by atoms with Gasteiger partial charge >= 0.3 is 5.97 Å². The molecule has 144 valence electrons. The molecule has 0 saturated heterocycles. The van der Waals surface area contributed by atoms with E-state index in [1.807, 2.05) is 12.2 Å². The molecule has 1 saturated carbocycles. The predicted molar refractivity (Wildman–Crippen MR) is 107 cm³/mol. The van der Waals surface area contributed by atoms with Gasteiger partial charge in [0, 0.05) is 10.7 Å². The van der Waals surface area contributed by atoms with Crippen molar-refractivity contribution in [2.24, 2.45) is 23.7 Å². The number of amides is 1. The van der Waals surface area contributed by atoms with Gasteiger partial charge in [-0.15, -0.1) is 0 Å². The number of carbonyl (C=O) groups excluding carboxylic acids is 1. The van der Waals surface area contributed by atoms with E-state index in [4.69, 9.17) is 16.3 Å². The molecule has 5 nitrogen and oxygen atoms in total. The van der Waals surface area contributed by atoms with Crippen LogP contribution >= 0.6 is 11.6 Å². The number of carboxylic acids is 1. The highest BCUT2D eigenvalue weighted by Crippen LogP contribution is 2.45. The molecule has 28 heavy (non-hydrogen) atoms. The minimum atomic E-state index is -0.897. The molecule has 0 heterocycles. The Bertz CT molecular complexity index is 907. The summed E-state index contributed by atoms with van der Waals surface area (Å²) in [6.07, 6.45) is 5.65. The molecule has 3 aliphatic rings. The second-order valence-corrected chi connectivity index (χ2v) is 7.69. The fraction of sp³-hybridized carbons (Fsp3) is 0.273. The summed E-state index contributed by atoms with van der Waals surface area (Å²) in [5, 5.41) is 13.1. The summed E-state index contributed by atoms with van der Waals surface area (Å²) in [4.78, 5) is 24.5. The number of halogens is 1. The average molecular weight is 398 g/mol. The minimum Gasteiger partial charge on any atom is -0.481 e. The van der Waals surface area contributed by atoms with Crippen LogP contribution in [0.1, 0.15) is 12.8 Å². The Labute approximate surface area is 168 Å². The third kappa shape index (κ3) is 3.76. The van der Waals surface area contributed by atoms with Crippen molar-refractivity contribution in [3.8, 4) is 11.5 Å². The number of nitrogens with one attached hydrogen (secondary N) is 1. The van der Waals surface area contributed by atoms with E-state index in [2.05, 4.69) is 5.32 Å². The molecule has 6 heteroatoms. The normalized spacial score (nSPS) is 25.3. The van der Waals surface area contributed by atoms with Gasteiger partial charge < -0.3 is 15.2 Å². The lowest BCUT2D eigenvalue weighted by molar-refractivity contribution is -0.151. The van der Waals surface area contributed by atoms with Gasteiger partial charge in [0.25, 0.3) is 0 Å². The van der Waals surface area contributed by atoms with E-state index in [1.54, 1.807) is 48.5 Å². The lowest BCUT2D eigenvalue weighted by Gasteiger charge is -2.41. The van der Waals surface area contributed by atoms with E-state index < -0.39 is 17.8 Å². The Kier molecular flexibility index (Phi) is 5.09. The molecule has 0 radical (unpaired) electrons. The Hall–Kier alpha value is -2.79. The SMILES string of the molecule is O=C(O)[C@H]1[C@H](C(=O)Nc2ccc(Oc3ccc(Cl)cc3)cc2)[C@H]2C=C[C@H]1CC2. The summed E-state index contributed by atoms with van der Waals surface area (Å²) >= 11 is 5.86. The number of ether oxygens (including phenoxy) is 1.